The Labute approximate surface area is 172 Å². The topological polar surface area (TPSA) is 102 Å². The average Bonchev–Trinajstić information content (AvgIpc) is 2.77. The molecule has 156 valence electrons. The molecule has 8 heteroatoms. The summed E-state index contributed by atoms with van der Waals surface area (Å²) >= 11 is 0. The van der Waals surface area contributed by atoms with Gasteiger partial charge in [-0.15, -0.1) is 0 Å². The number of anilines is 1. The molecule has 0 spiro atoms. The number of ether oxygens (including phenoxy) is 2. The molecule has 0 amide bonds. The number of esters is 1. The van der Waals surface area contributed by atoms with Crippen LogP contribution in [0.25, 0.3) is 11.0 Å². The zero-order valence-corrected chi connectivity index (χ0v) is 16.6. The zero-order valence-electron chi connectivity index (χ0n) is 16.6. The number of aromatic hydroxyl groups is 1. The molecule has 0 atom stereocenters. The van der Waals surface area contributed by atoms with E-state index >= 15 is 0 Å². The van der Waals surface area contributed by atoms with Gasteiger partial charge in [0, 0.05) is 42.4 Å². The summed E-state index contributed by atoms with van der Waals surface area (Å²) < 4.78 is 15.9. The molecule has 3 aromatic rings. The number of rotatable bonds is 5. The van der Waals surface area contributed by atoms with Crippen LogP contribution in [0.4, 0.5) is 5.82 Å². The summed E-state index contributed by atoms with van der Waals surface area (Å²) in [6, 6.07) is 7.91. The van der Waals surface area contributed by atoms with Crippen LogP contribution in [0, 0.1) is 0 Å². The van der Waals surface area contributed by atoms with Crippen LogP contribution >= 0.6 is 0 Å². The van der Waals surface area contributed by atoms with Gasteiger partial charge < -0.3 is 23.9 Å². The highest BCUT2D eigenvalue weighted by Gasteiger charge is 2.15. The Bertz CT molecular complexity index is 1120. The third-order valence-corrected chi connectivity index (χ3v) is 5.09. The van der Waals surface area contributed by atoms with E-state index in [1.807, 2.05) is 6.92 Å². The zero-order chi connectivity index (χ0) is 21.1. The van der Waals surface area contributed by atoms with Crippen molar-refractivity contribution in [3.63, 3.8) is 0 Å². The molecule has 0 bridgehead atoms. The summed E-state index contributed by atoms with van der Waals surface area (Å²) in [5, 5.41) is 10.6. The van der Waals surface area contributed by atoms with Gasteiger partial charge in [-0.2, -0.15) is 0 Å². The molecule has 8 nitrogen and oxygen atoms in total. The molecular weight excluding hydrogens is 388 g/mol. The molecular formula is C22H22N2O6. The highest BCUT2D eigenvalue weighted by molar-refractivity contribution is 5.89. The normalized spacial score (nSPS) is 14.1. The van der Waals surface area contributed by atoms with Crippen molar-refractivity contribution in [3.05, 3.63) is 63.6 Å². The van der Waals surface area contributed by atoms with Gasteiger partial charge >= 0.3 is 11.6 Å². The van der Waals surface area contributed by atoms with Crippen LogP contribution in [-0.4, -0.2) is 42.4 Å². The molecule has 2 aromatic heterocycles. The van der Waals surface area contributed by atoms with E-state index in [2.05, 4.69) is 9.88 Å². The lowest BCUT2D eigenvalue weighted by atomic mass is 10.0. The molecule has 0 radical (unpaired) electrons. The van der Waals surface area contributed by atoms with Gasteiger partial charge in [0.05, 0.1) is 18.8 Å². The van der Waals surface area contributed by atoms with E-state index in [0.717, 1.165) is 18.9 Å². The number of hydrogen-bond donors (Lipinski definition) is 1. The predicted octanol–water partition coefficient (Wildman–Crippen LogP) is 2.65. The van der Waals surface area contributed by atoms with E-state index in [0.29, 0.717) is 41.7 Å². The van der Waals surface area contributed by atoms with Gasteiger partial charge in [0.1, 0.15) is 23.8 Å². The number of morpholine rings is 1. The predicted molar refractivity (Wildman–Crippen MR) is 110 cm³/mol. The maximum atomic E-state index is 12.5. The number of fused-ring (bicyclic) bond motifs is 1. The Kier molecular flexibility index (Phi) is 5.67. The lowest BCUT2D eigenvalue weighted by molar-refractivity contribution is 0.0473. The number of pyridine rings is 1. The van der Waals surface area contributed by atoms with Gasteiger partial charge in [-0.05, 0) is 30.2 Å². The highest BCUT2D eigenvalue weighted by Crippen LogP contribution is 2.27. The fraction of sp³-hybridized carbons (Fsp3) is 0.318. The summed E-state index contributed by atoms with van der Waals surface area (Å²) in [6.45, 7) is 4.64. The minimum Gasteiger partial charge on any atom is -0.508 e. The van der Waals surface area contributed by atoms with E-state index in [1.165, 1.54) is 18.3 Å². The molecule has 1 aliphatic rings. The molecule has 0 unspecified atom stereocenters. The molecule has 3 heterocycles. The number of phenolic OH excluding ortho intramolecular Hbond substituents is 1. The molecule has 1 fully saturated rings. The highest BCUT2D eigenvalue weighted by atomic mass is 16.5. The van der Waals surface area contributed by atoms with Gasteiger partial charge in [0.25, 0.3) is 0 Å². The molecule has 1 saturated heterocycles. The minimum absolute atomic E-state index is 0.0636. The number of phenols is 1. The minimum atomic E-state index is -0.575. The number of carbonyl (C=O) groups excluding carboxylic acids is 1. The maximum absolute atomic E-state index is 12.5. The number of benzene rings is 1. The fourth-order valence-corrected chi connectivity index (χ4v) is 3.42. The van der Waals surface area contributed by atoms with Gasteiger partial charge in [0.15, 0.2) is 0 Å². The lowest BCUT2D eigenvalue weighted by Crippen LogP contribution is -2.36. The van der Waals surface area contributed by atoms with Crippen LogP contribution in [0.2, 0.25) is 0 Å². The van der Waals surface area contributed by atoms with Gasteiger partial charge in [-0.3, -0.25) is 0 Å². The molecule has 30 heavy (non-hydrogen) atoms. The second kappa shape index (κ2) is 8.54. The SMILES string of the molecule is CCc1cc2c(COC(=O)c3ccc(N4CCOCC4)nc3)cc(=O)oc2cc1O. The second-order valence-electron chi connectivity index (χ2n) is 7.00. The number of aryl methyl sites for hydroxylation is 1. The van der Waals surface area contributed by atoms with E-state index in [-0.39, 0.29) is 17.9 Å². The third kappa shape index (κ3) is 4.13. The Morgan fingerprint density at radius 1 is 1.20 bits per heavy atom. The Hall–Kier alpha value is -3.39. The van der Waals surface area contributed by atoms with Crippen LogP contribution in [0.5, 0.6) is 5.75 Å². The van der Waals surface area contributed by atoms with Crippen molar-refractivity contribution in [1.82, 2.24) is 4.98 Å². The number of nitrogens with zero attached hydrogens (tertiary/aromatic N) is 2. The van der Waals surface area contributed by atoms with Crippen LogP contribution in [-0.2, 0) is 22.5 Å². The third-order valence-electron chi connectivity index (χ3n) is 5.09. The van der Waals surface area contributed by atoms with Crippen molar-refractivity contribution in [2.45, 2.75) is 20.0 Å². The second-order valence-corrected chi connectivity index (χ2v) is 7.00. The average molecular weight is 410 g/mol. The number of carbonyl (C=O) groups is 1. The van der Waals surface area contributed by atoms with E-state index in [4.69, 9.17) is 13.9 Å². The molecule has 1 aromatic carbocycles. The Balaban J connectivity index is 1.51. The van der Waals surface area contributed by atoms with E-state index < -0.39 is 11.6 Å². The fourth-order valence-electron chi connectivity index (χ4n) is 3.42. The monoisotopic (exact) mass is 410 g/mol. The largest absolute Gasteiger partial charge is 0.508 e. The first kappa shape index (κ1) is 19.9. The van der Waals surface area contributed by atoms with E-state index in [1.54, 1.807) is 18.2 Å². The number of hydrogen-bond acceptors (Lipinski definition) is 8. The van der Waals surface area contributed by atoms with Crippen molar-refractivity contribution in [2.24, 2.45) is 0 Å². The van der Waals surface area contributed by atoms with Crippen molar-refractivity contribution >= 4 is 22.8 Å². The first-order valence-corrected chi connectivity index (χ1v) is 9.79. The van der Waals surface area contributed by atoms with Crippen LogP contribution < -0.4 is 10.5 Å². The molecule has 1 N–H and O–H groups in total. The lowest BCUT2D eigenvalue weighted by Gasteiger charge is -2.27. The first-order valence-electron chi connectivity index (χ1n) is 9.79. The summed E-state index contributed by atoms with van der Waals surface area (Å²) in [4.78, 5) is 30.8. The molecule has 0 saturated carbocycles. The van der Waals surface area contributed by atoms with Crippen LogP contribution in [0.3, 0.4) is 0 Å². The Morgan fingerprint density at radius 3 is 2.70 bits per heavy atom. The van der Waals surface area contributed by atoms with Gasteiger partial charge in [0.2, 0.25) is 0 Å². The standard InChI is InChI=1S/C22H22N2O6/c1-2-14-9-17-16(10-21(26)30-19(17)11-18(14)25)13-29-22(27)15-3-4-20(23-12-15)24-5-7-28-8-6-24/h3-4,9-12,25H,2,5-8,13H2,1H3. The van der Waals surface area contributed by atoms with E-state index in [9.17, 15) is 14.7 Å². The summed E-state index contributed by atoms with van der Waals surface area (Å²) in [5.74, 6) is 0.314. The van der Waals surface area contributed by atoms with Gasteiger partial charge in [-0.25, -0.2) is 14.6 Å². The van der Waals surface area contributed by atoms with Crippen LogP contribution in [0.15, 0.2) is 45.7 Å². The summed E-state index contributed by atoms with van der Waals surface area (Å²) in [7, 11) is 0. The number of aromatic nitrogens is 1. The first-order chi connectivity index (χ1) is 14.5. The Morgan fingerprint density at radius 2 is 2.00 bits per heavy atom. The van der Waals surface area contributed by atoms with Crippen molar-refractivity contribution in [2.75, 3.05) is 31.2 Å². The van der Waals surface area contributed by atoms with Crippen molar-refractivity contribution in [1.29, 1.82) is 0 Å². The van der Waals surface area contributed by atoms with Crippen molar-refractivity contribution < 1.29 is 23.8 Å². The van der Waals surface area contributed by atoms with Gasteiger partial charge in [-0.1, -0.05) is 6.92 Å². The summed E-state index contributed by atoms with van der Waals surface area (Å²) in [6.07, 6.45) is 2.10. The molecule has 0 aliphatic carbocycles. The van der Waals surface area contributed by atoms with Crippen LogP contribution in [0.1, 0.15) is 28.4 Å². The smallest absolute Gasteiger partial charge is 0.340 e. The maximum Gasteiger partial charge on any atom is 0.340 e. The summed E-state index contributed by atoms with van der Waals surface area (Å²) in [5.41, 5.74) is 1.23. The molecule has 4 rings (SSSR count). The van der Waals surface area contributed by atoms with Crippen molar-refractivity contribution in [3.8, 4) is 5.75 Å². The molecule has 1 aliphatic heterocycles. The quantitative estimate of drug-likeness (QED) is 0.506.